The Hall–Kier alpha value is -0.830. The van der Waals surface area contributed by atoms with Crippen molar-refractivity contribution < 1.29 is 4.79 Å². The molecule has 0 aliphatic carbocycles. The summed E-state index contributed by atoms with van der Waals surface area (Å²) in [4.78, 5) is 12.0. The van der Waals surface area contributed by atoms with E-state index >= 15 is 0 Å². The van der Waals surface area contributed by atoms with Gasteiger partial charge in [0.05, 0.1) is 5.56 Å². The van der Waals surface area contributed by atoms with Crippen LogP contribution in [-0.4, -0.2) is 11.9 Å². The monoisotopic (exact) mass is 311 g/mol. The molecule has 0 unspecified atom stereocenters. The van der Waals surface area contributed by atoms with Crippen molar-refractivity contribution in [1.82, 2.24) is 5.32 Å². The highest BCUT2D eigenvalue weighted by molar-refractivity contribution is 9.10. The highest BCUT2D eigenvalue weighted by Crippen LogP contribution is 2.16. The second-order valence-electron chi connectivity index (χ2n) is 5.18. The fourth-order valence-corrected chi connectivity index (χ4v) is 2.32. The first-order valence-electron chi connectivity index (χ1n) is 6.56. The molecule has 3 heteroatoms. The van der Waals surface area contributed by atoms with Gasteiger partial charge in [0.1, 0.15) is 0 Å². The number of halogens is 1. The van der Waals surface area contributed by atoms with Gasteiger partial charge in [0.2, 0.25) is 0 Å². The Labute approximate surface area is 118 Å². The molecule has 0 aromatic heterocycles. The van der Waals surface area contributed by atoms with Crippen molar-refractivity contribution in [2.75, 3.05) is 0 Å². The molecule has 1 rings (SSSR count). The highest BCUT2D eigenvalue weighted by Gasteiger charge is 2.12. The van der Waals surface area contributed by atoms with Crippen molar-refractivity contribution in [3.63, 3.8) is 0 Å². The Kier molecular flexibility index (Phi) is 6.41. The number of benzene rings is 1. The van der Waals surface area contributed by atoms with Crippen LogP contribution in [0.15, 0.2) is 28.7 Å². The van der Waals surface area contributed by atoms with Crippen molar-refractivity contribution >= 4 is 21.8 Å². The minimum Gasteiger partial charge on any atom is -0.350 e. The average molecular weight is 312 g/mol. The van der Waals surface area contributed by atoms with Crippen LogP contribution in [-0.2, 0) is 0 Å². The molecule has 1 N–H and O–H groups in total. The summed E-state index contributed by atoms with van der Waals surface area (Å²) < 4.78 is 0.844. The first-order valence-corrected chi connectivity index (χ1v) is 7.35. The lowest BCUT2D eigenvalue weighted by Gasteiger charge is -2.15. The zero-order valence-electron chi connectivity index (χ0n) is 11.4. The molecule has 1 aromatic carbocycles. The third-order valence-electron chi connectivity index (χ3n) is 2.91. The maximum absolute atomic E-state index is 12.0. The molecular weight excluding hydrogens is 290 g/mol. The molecule has 0 heterocycles. The molecule has 1 aromatic rings. The van der Waals surface area contributed by atoms with Crippen LogP contribution in [0.5, 0.6) is 0 Å². The van der Waals surface area contributed by atoms with Gasteiger partial charge in [-0.05, 0) is 47.3 Å². The van der Waals surface area contributed by atoms with Gasteiger partial charge in [0.15, 0.2) is 0 Å². The van der Waals surface area contributed by atoms with E-state index in [4.69, 9.17) is 0 Å². The molecule has 100 valence electrons. The molecule has 0 spiro atoms. The minimum absolute atomic E-state index is 0.000443. The lowest BCUT2D eigenvalue weighted by Crippen LogP contribution is -2.32. The topological polar surface area (TPSA) is 29.1 Å². The van der Waals surface area contributed by atoms with E-state index in [1.165, 1.54) is 6.42 Å². The molecule has 0 radical (unpaired) electrons. The van der Waals surface area contributed by atoms with Gasteiger partial charge in [-0.25, -0.2) is 0 Å². The van der Waals surface area contributed by atoms with Gasteiger partial charge >= 0.3 is 0 Å². The van der Waals surface area contributed by atoms with E-state index in [0.717, 1.165) is 23.2 Å². The summed E-state index contributed by atoms with van der Waals surface area (Å²) in [7, 11) is 0. The van der Waals surface area contributed by atoms with Crippen LogP contribution >= 0.6 is 15.9 Å². The standard InChI is InChI=1S/C15H22BrNO/c1-11(2)7-6-8-12(3)17-15(18)13-9-4-5-10-14(13)16/h4-5,9-12H,6-8H2,1-3H3,(H,17,18)/t12-/m1/s1. The molecule has 1 amide bonds. The van der Waals surface area contributed by atoms with Crippen molar-refractivity contribution in [2.45, 2.75) is 46.1 Å². The molecule has 0 aliphatic heterocycles. The maximum Gasteiger partial charge on any atom is 0.252 e. The van der Waals surface area contributed by atoms with Gasteiger partial charge < -0.3 is 5.32 Å². The van der Waals surface area contributed by atoms with E-state index in [1.54, 1.807) is 0 Å². The number of rotatable bonds is 6. The summed E-state index contributed by atoms with van der Waals surface area (Å²) in [5.74, 6) is 0.732. The molecule has 18 heavy (non-hydrogen) atoms. The summed E-state index contributed by atoms with van der Waals surface area (Å²) in [6.07, 6.45) is 3.42. The number of carbonyl (C=O) groups excluding carboxylic acids is 1. The Morgan fingerprint density at radius 1 is 1.22 bits per heavy atom. The van der Waals surface area contributed by atoms with E-state index in [9.17, 15) is 4.79 Å². The van der Waals surface area contributed by atoms with E-state index in [1.807, 2.05) is 24.3 Å². The predicted molar refractivity (Wildman–Crippen MR) is 79.8 cm³/mol. The lowest BCUT2D eigenvalue weighted by molar-refractivity contribution is 0.0937. The van der Waals surface area contributed by atoms with Crippen molar-refractivity contribution in [3.05, 3.63) is 34.3 Å². The predicted octanol–water partition coefficient (Wildman–Crippen LogP) is 4.39. The zero-order chi connectivity index (χ0) is 13.5. The normalized spacial score (nSPS) is 12.5. The molecule has 0 bridgehead atoms. The largest absolute Gasteiger partial charge is 0.350 e. The first kappa shape index (κ1) is 15.2. The van der Waals surface area contributed by atoms with Crippen LogP contribution in [0, 0.1) is 5.92 Å². The molecule has 0 aliphatic rings. The summed E-state index contributed by atoms with van der Waals surface area (Å²) in [5, 5.41) is 3.04. The molecular formula is C15H22BrNO. The van der Waals surface area contributed by atoms with E-state index in [-0.39, 0.29) is 11.9 Å². The molecule has 0 saturated heterocycles. The summed E-state index contributed by atoms with van der Waals surface area (Å²) in [6, 6.07) is 7.73. The van der Waals surface area contributed by atoms with Gasteiger partial charge in [-0.2, -0.15) is 0 Å². The second kappa shape index (κ2) is 7.57. The number of hydrogen-bond donors (Lipinski definition) is 1. The minimum atomic E-state index is -0.000443. The van der Waals surface area contributed by atoms with Crippen LogP contribution < -0.4 is 5.32 Å². The Balaban J connectivity index is 2.43. The van der Waals surface area contributed by atoms with Gasteiger partial charge in [-0.3, -0.25) is 4.79 Å². The van der Waals surface area contributed by atoms with Gasteiger partial charge in [0.25, 0.3) is 5.91 Å². The third-order valence-corrected chi connectivity index (χ3v) is 3.61. The van der Waals surface area contributed by atoms with Gasteiger partial charge in [0, 0.05) is 10.5 Å². The molecule has 0 fully saturated rings. The van der Waals surface area contributed by atoms with Crippen LogP contribution in [0.1, 0.15) is 50.4 Å². The first-order chi connectivity index (χ1) is 8.50. The summed E-state index contributed by atoms with van der Waals surface area (Å²) in [5.41, 5.74) is 0.702. The number of nitrogens with one attached hydrogen (secondary N) is 1. The van der Waals surface area contributed by atoms with E-state index in [2.05, 4.69) is 42.0 Å². The highest BCUT2D eigenvalue weighted by atomic mass is 79.9. The summed E-state index contributed by atoms with van der Waals surface area (Å²) >= 11 is 3.40. The van der Waals surface area contributed by atoms with Gasteiger partial charge in [-0.1, -0.05) is 38.8 Å². The SMILES string of the molecule is CC(C)CCC[C@@H](C)NC(=O)c1ccccc1Br. The fraction of sp³-hybridized carbons (Fsp3) is 0.533. The Morgan fingerprint density at radius 2 is 1.89 bits per heavy atom. The van der Waals surface area contributed by atoms with Crippen LogP contribution in [0.25, 0.3) is 0 Å². The van der Waals surface area contributed by atoms with E-state index < -0.39 is 0 Å². The molecule has 2 nitrogen and oxygen atoms in total. The van der Waals surface area contributed by atoms with Crippen LogP contribution in [0.3, 0.4) is 0 Å². The van der Waals surface area contributed by atoms with Crippen molar-refractivity contribution in [1.29, 1.82) is 0 Å². The number of carbonyl (C=O) groups is 1. The Bertz CT molecular complexity index is 390. The number of hydrogen-bond acceptors (Lipinski definition) is 1. The van der Waals surface area contributed by atoms with Crippen LogP contribution in [0.2, 0.25) is 0 Å². The third kappa shape index (κ3) is 5.21. The fourth-order valence-electron chi connectivity index (χ4n) is 1.85. The number of amides is 1. The zero-order valence-corrected chi connectivity index (χ0v) is 13.0. The molecule has 1 atom stereocenters. The average Bonchev–Trinajstić information content (AvgIpc) is 2.28. The second-order valence-corrected chi connectivity index (χ2v) is 6.03. The maximum atomic E-state index is 12.0. The van der Waals surface area contributed by atoms with Crippen LogP contribution in [0.4, 0.5) is 0 Å². The summed E-state index contributed by atoms with van der Waals surface area (Å²) in [6.45, 7) is 6.52. The molecule has 0 saturated carbocycles. The lowest BCUT2D eigenvalue weighted by atomic mass is 10.0. The van der Waals surface area contributed by atoms with Gasteiger partial charge in [-0.15, -0.1) is 0 Å². The van der Waals surface area contributed by atoms with Crippen molar-refractivity contribution in [3.8, 4) is 0 Å². The smallest absolute Gasteiger partial charge is 0.252 e. The van der Waals surface area contributed by atoms with Crippen molar-refractivity contribution in [2.24, 2.45) is 5.92 Å². The van der Waals surface area contributed by atoms with E-state index in [0.29, 0.717) is 5.56 Å². The quantitative estimate of drug-likeness (QED) is 0.829. The Morgan fingerprint density at radius 3 is 2.50 bits per heavy atom.